The number of para-hydroxylation sites is 1. The van der Waals surface area contributed by atoms with Crippen molar-refractivity contribution >= 4 is 59.9 Å². The third kappa shape index (κ3) is 5.22. The third-order valence-corrected chi connectivity index (χ3v) is 10.3. The Balaban J connectivity index is 1.38. The lowest BCUT2D eigenvalue weighted by molar-refractivity contribution is -0.134. The Kier molecular flexibility index (Phi) is 7.17. The minimum absolute atomic E-state index is 0.188. The van der Waals surface area contributed by atoms with Gasteiger partial charge in [0.1, 0.15) is 23.0 Å². The number of hydrogen-bond donors (Lipinski definition) is 1. The van der Waals surface area contributed by atoms with E-state index < -0.39 is 27.7 Å². The second-order valence-corrected chi connectivity index (χ2v) is 14.5. The number of halogens is 3. The number of amides is 1. The number of rotatable bonds is 7. The van der Waals surface area contributed by atoms with Gasteiger partial charge >= 0.3 is 0 Å². The minimum atomic E-state index is -3.78. The number of carbonyl (C=O) groups excluding carboxylic acids is 1. The van der Waals surface area contributed by atoms with Gasteiger partial charge in [0.15, 0.2) is 0 Å². The molecule has 14 heteroatoms. The molecule has 254 valence electrons. The first-order valence-electron chi connectivity index (χ1n) is 15.6. The van der Waals surface area contributed by atoms with E-state index in [0.29, 0.717) is 38.9 Å². The Labute approximate surface area is 283 Å². The van der Waals surface area contributed by atoms with Crippen LogP contribution in [0.1, 0.15) is 16.2 Å². The van der Waals surface area contributed by atoms with Crippen molar-refractivity contribution < 1.29 is 30.8 Å². The van der Waals surface area contributed by atoms with Crippen LogP contribution in [0.3, 0.4) is 0 Å². The topological polar surface area (TPSA) is 113 Å². The van der Waals surface area contributed by atoms with E-state index in [1.54, 1.807) is 29.3 Å². The maximum Gasteiger partial charge on any atom is 0.272 e. The van der Waals surface area contributed by atoms with E-state index in [4.69, 9.17) is 14.4 Å². The summed E-state index contributed by atoms with van der Waals surface area (Å²) < 4.78 is 76.4. The van der Waals surface area contributed by atoms with Crippen molar-refractivity contribution in [2.75, 3.05) is 37.7 Å². The van der Waals surface area contributed by atoms with Crippen molar-refractivity contribution in [1.29, 1.82) is 0 Å². The summed E-state index contributed by atoms with van der Waals surface area (Å²) in [6, 6.07) is 20.2. The lowest BCUT2D eigenvalue weighted by Crippen LogP contribution is -2.55. The summed E-state index contributed by atoms with van der Waals surface area (Å²) in [5.41, 5.74) is 4.07. The van der Waals surface area contributed by atoms with E-state index in [1.807, 2.05) is 34.7 Å². The quantitative estimate of drug-likeness (QED) is 0.203. The zero-order valence-corrected chi connectivity index (χ0v) is 27.9. The summed E-state index contributed by atoms with van der Waals surface area (Å²) in [6.07, 6.45) is 2.65. The Hall–Kier alpha value is -5.47. The monoisotopic (exact) mass is 698 g/mol. The first-order valence-corrected chi connectivity index (χ1v) is 17.5. The summed E-state index contributed by atoms with van der Waals surface area (Å²) in [4.78, 5) is 24.6. The fourth-order valence-corrected chi connectivity index (χ4v) is 7.18. The minimum Gasteiger partial charge on any atom is -0.455 e. The van der Waals surface area contributed by atoms with E-state index in [-0.39, 0.29) is 42.2 Å². The van der Waals surface area contributed by atoms with E-state index in [0.717, 1.165) is 27.0 Å². The van der Waals surface area contributed by atoms with Gasteiger partial charge < -0.3 is 9.73 Å². The number of hydrogen-bond acceptors (Lipinski definition) is 7. The molecule has 0 atom stereocenters. The number of furan rings is 1. The molecular formula is C36H29F3N6O4S. The van der Waals surface area contributed by atoms with Crippen LogP contribution < -0.4 is 9.62 Å². The molecule has 1 aliphatic heterocycles. The van der Waals surface area contributed by atoms with Gasteiger partial charge in [0.25, 0.3) is 11.8 Å². The van der Waals surface area contributed by atoms with Gasteiger partial charge in [-0.25, -0.2) is 26.6 Å². The van der Waals surface area contributed by atoms with Crippen molar-refractivity contribution in [3.8, 4) is 22.6 Å². The summed E-state index contributed by atoms with van der Waals surface area (Å²) in [5, 5.41) is 4.66. The number of nitrogens with one attached hydrogen (secondary N) is 1. The molecule has 10 nitrogen and oxygen atoms in total. The molecule has 1 N–H and O–H groups in total. The molecule has 0 radical (unpaired) electrons. The molecule has 0 spiro atoms. The van der Waals surface area contributed by atoms with Gasteiger partial charge in [0, 0.05) is 47.4 Å². The zero-order valence-electron chi connectivity index (χ0n) is 27.0. The molecule has 0 aliphatic carbocycles. The average Bonchev–Trinajstić information content (AvgIpc) is 3.65. The molecule has 4 aromatic heterocycles. The first-order chi connectivity index (χ1) is 23.8. The fourth-order valence-electron chi connectivity index (χ4n) is 6.67. The van der Waals surface area contributed by atoms with Crippen LogP contribution in [0.5, 0.6) is 0 Å². The molecular weight excluding hydrogens is 669 g/mol. The van der Waals surface area contributed by atoms with Gasteiger partial charge in [-0.15, -0.1) is 0 Å². The summed E-state index contributed by atoms with van der Waals surface area (Å²) in [7, 11) is -0.892. The van der Waals surface area contributed by atoms with Crippen molar-refractivity contribution in [3.63, 3.8) is 0 Å². The maximum absolute atomic E-state index is 13.8. The molecule has 3 aromatic carbocycles. The van der Waals surface area contributed by atoms with Crippen molar-refractivity contribution in [1.82, 2.24) is 24.6 Å². The van der Waals surface area contributed by atoms with E-state index in [1.165, 1.54) is 38.4 Å². The lowest BCUT2D eigenvalue weighted by Gasteiger charge is -2.38. The number of fused-ring (bicyclic) bond motifs is 6. The zero-order chi connectivity index (χ0) is 35.1. The van der Waals surface area contributed by atoms with Crippen LogP contribution in [0.4, 0.5) is 18.9 Å². The first kappa shape index (κ1) is 31.8. The number of benzene rings is 3. The Morgan fingerprint density at radius 3 is 2.46 bits per heavy atom. The molecule has 50 heavy (non-hydrogen) atoms. The van der Waals surface area contributed by atoms with E-state index in [9.17, 15) is 26.4 Å². The normalized spacial score (nSPS) is 14.8. The SMILES string of the molecule is CNC(=O)c1c(-c2ccc(F)cc2)oc2cc(N(C)S(C)(=O)=O)c(-c3cc4c(cn3)nc(CN3CC(F)(F)C3)n3c5ccccc5cc43)cc12. The van der Waals surface area contributed by atoms with Crippen LogP contribution in [-0.2, 0) is 16.6 Å². The number of pyridine rings is 1. The summed E-state index contributed by atoms with van der Waals surface area (Å²) in [6.45, 7) is -0.487. The second-order valence-electron chi connectivity index (χ2n) is 12.5. The smallest absolute Gasteiger partial charge is 0.272 e. The number of nitrogens with zero attached hydrogens (tertiary/aromatic N) is 5. The van der Waals surface area contributed by atoms with Gasteiger partial charge in [0.2, 0.25) is 10.0 Å². The Morgan fingerprint density at radius 2 is 1.76 bits per heavy atom. The standard InChI is InChI=1S/C36H29F3N6O4S/c1-40-35(46)33-25-13-23(29(43(2)50(3,47)48)15-31(25)49-34(33)20-8-10-22(37)11-9-20)26-14-24-27(16-41-26)42-32(17-44-18-36(38,39)19-44)45-28-7-5-4-6-21(28)12-30(24)45/h4-16H,17-19H2,1-3H3,(H,40,46). The van der Waals surface area contributed by atoms with Gasteiger partial charge in [0.05, 0.1) is 65.6 Å². The second kappa shape index (κ2) is 11.3. The summed E-state index contributed by atoms with van der Waals surface area (Å²) >= 11 is 0. The van der Waals surface area contributed by atoms with Gasteiger partial charge in [-0.2, -0.15) is 0 Å². The third-order valence-electron chi connectivity index (χ3n) is 9.13. The largest absolute Gasteiger partial charge is 0.455 e. The highest BCUT2D eigenvalue weighted by Gasteiger charge is 2.44. The van der Waals surface area contributed by atoms with Crippen molar-refractivity contribution in [2.45, 2.75) is 12.5 Å². The molecule has 0 saturated carbocycles. The van der Waals surface area contributed by atoms with Crippen molar-refractivity contribution in [3.05, 3.63) is 96.2 Å². The molecule has 1 saturated heterocycles. The maximum atomic E-state index is 13.8. The van der Waals surface area contributed by atoms with Gasteiger partial charge in [-0.05, 0) is 48.5 Å². The van der Waals surface area contributed by atoms with Crippen LogP contribution in [-0.4, -0.2) is 73.0 Å². The van der Waals surface area contributed by atoms with Crippen LogP contribution in [0.25, 0.3) is 60.9 Å². The number of aromatic nitrogens is 3. The molecule has 0 bridgehead atoms. The highest BCUT2D eigenvalue weighted by molar-refractivity contribution is 7.92. The van der Waals surface area contributed by atoms with Crippen LogP contribution in [0.15, 0.2) is 83.4 Å². The van der Waals surface area contributed by atoms with E-state index in [2.05, 4.69) is 5.32 Å². The number of carbonyl (C=O) groups is 1. The number of anilines is 1. The predicted molar refractivity (Wildman–Crippen MR) is 185 cm³/mol. The van der Waals surface area contributed by atoms with Gasteiger partial charge in [-0.1, -0.05) is 18.2 Å². The molecule has 8 rings (SSSR count). The Morgan fingerprint density at radius 1 is 1.02 bits per heavy atom. The molecule has 1 fully saturated rings. The molecule has 7 aromatic rings. The Bertz CT molecular complexity index is 2630. The molecule has 1 aliphatic rings. The average molecular weight is 699 g/mol. The number of sulfonamides is 1. The van der Waals surface area contributed by atoms with Crippen LogP contribution in [0, 0.1) is 5.82 Å². The number of alkyl halides is 2. The molecule has 1 amide bonds. The van der Waals surface area contributed by atoms with Crippen LogP contribution in [0.2, 0.25) is 0 Å². The molecule has 5 heterocycles. The summed E-state index contributed by atoms with van der Waals surface area (Å²) in [5.74, 6) is -2.87. The van der Waals surface area contributed by atoms with Crippen LogP contribution >= 0.6 is 0 Å². The van der Waals surface area contributed by atoms with Gasteiger partial charge in [-0.3, -0.25) is 23.4 Å². The molecule has 0 unspecified atom stereocenters. The van der Waals surface area contributed by atoms with Crippen molar-refractivity contribution in [2.24, 2.45) is 0 Å². The highest BCUT2D eigenvalue weighted by Crippen LogP contribution is 2.42. The lowest BCUT2D eigenvalue weighted by atomic mass is 10.00. The number of likely N-dealkylation sites (tertiary alicyclic amines) is 1. The fraction of sp³-hybridized carbons (Fsp3) is 0.194. The predicted octanol–water partition coefficient (Wildman–Crippen LogP) is 6.46. The van der Waals surface area contributed by atoms with E-state index >= 15 is 0 Å². The highest BCUT2D eigenvalue weighted by atomic mass is 32.2.